The first-order valence-electron chi connectivity index (χ1n) is 5.48. The maximum Gasteiger partial charge on any atom is 0.251 e. The molecule has 3 N–H and O–H groups in total. The van der Waals surface area contributed by atoms with Crippen LogP contribution in [0.5, 0.6) is 0 Å². The fourth-order valence-corrected chi connectivity index (χ4v) is 2.02. The molecule has 1 amide bonds. The second-order valence-electron chi connectivity index (χ2n) is 3.69. The Morgan fingerprint density at radius 1 is 1.59 bits per heavy atom. The summed E-state index contributed by atoms with van der Waals surface area (Å²) >= 11 is 1.74. The standard InChI is InChI=1S/C13H18N2OS/c1-3-7-17-8-6-15-13(16)12-5-4-11(14)9-10(12)2/h3-5,9H,1,6-8,14H2,2H3,(H,15,16). The lowest BCUT2D eigenvalue weighted by atomic mass is 10.1. The van der Waals surface area contributed by atoms with Gasteiger partial charge in [0.25, 0.3) is 5.91 Å². The minimum atomic E-state index is -0.0401. The van der Waals surface area contributed by atoms with Gasteiger partial charge in [0.05, 0.1) is 0 Å². The van der Waals surface area contributed by atoms with Crippen LogP contribution in [-0.2, 0) is 0 Å². The number of rotatable bonds is 6. The number of nitrogen functional groups attached to an aromatic ring is 1. The van der Waals surface area contributed by atoms with Crippen molar-refractivity contribution in [2.75, 3.05) is 23.8 Å². The second kappa shape index (κ2) is 7.01. The molecule has 0 aliphatic carbocycles. The van der Waals surface area contributed by atoms with Gasteiger partial charge >= 0.3 is 0 Å². The zero-order chi connectivity index (χ0) is 12.7. The molecule has 0 radical (unpaired) electrons. The Hall–Kier alpha value is -1.42. The number of carbonyl (C=O) groups excluding carboxylic acids is 1. The maximum atomic E-state index is 11.8. The molecule has 0 aliphatic heterocycles. The van der Waals surface area contributed by atoms with Gasteiger partial charge < -0.3 is 11.1 Å². The number of hydrogen-bond donors (Lipinski definition) is 2. The third kappa shape index (κ3) is 4.53. The van der Waals surface area contributed by atoms with E-state index in [4.69, 9.17) is 5.73 Å². The highest BCUT2D eigenvalue weighted by atomic mass is 32.2. The molecular formula is C13H18N2OS. The number of hydrogen-bond acceptors (Lipinski definition) is 3. The van der Waals surface area contributed by atoms with E-state index in [1.54, 1.807) is 30.0 Å². The van der Waals surface area contributed by atoms with E-state index >= 15 is 0 Å². The molecule has 3 nitrogen and oxygen atoms in total. The fourth-order valence-electron chi connectivity index (χ4n) is 1.44. The number of nitrogens with two attached hydrogens (primary N) is 1. The Labute approximate surface area is 106 Å². The molecule has 0 fully saturated rings. The summed E-state index contributed by atoms with van der Waals surface area (Å²) in [5.74, 6) is 1.77. The van der Waals surface area contributed by atoms with E-state index in [1.807, 2.05) is 13.0 Å². The van der Waals surface area contributed by atoms with Crippen molar-refractivity contribution < 1.29 is 4.79 Å². The van der Waals surface area contributed by atoms with Gasteiger partial charge in [-0.3, -0.25) is 4.79 Å². The molecule has 0 aliphatic rings. The molecule has 0 aromatic heterocycles. The van der Waals surface area contributed by atoms with E-state index in [2.05, 4.69) is 11.9 Å². The normalized spacial score (nSPS) is 9.94. The summed E-state index contributed by atoms with van der Waals surface area (Å²) in [6.45, 7) is 6.20. The Morgan fingerprint density at radius 3 is 3.00 bits per heavy atom. The number of anilines is 1. The first-order chi connectivity index (χ1) is 8.15. The van der Waals surface area contributed by atoms with Gasteiger partial charge in [0.2, 0.25) is 0 Å². The number of nitrogens with one attached hydrogen (secondary N) is 1. The average Bonchev–Trinajstić information content (AvgIpc) is 2.28. The Kier molecular flexibility index (Phi) is 5.63. The van der Waals surface area contributed by atoms with E-state index in [0.29, 0.717) is 17.8 Å². The third-order valence-corrected chi connectivity index (χ3v) is 3.23. The molecular weight excluding hydrogens is 232 g/mol. The highest BCUT2D eigenvalue weighted by Crippen LogP contribution is 2.12. The summed E-state index contributed by atoms with van der Waals surface area (Å²) in [5.41, 5.74) is 7.91. The van der Waals surface area contributed by atoms with Crippen LogP contribution in [0.4, 0.5) is 5.69 Å². The van der Waals surface area contributed by atoms with Crippen LogP contribution >= 0.6 is 11.8 Å². The van der Waals surface area contributed by atoms with Crippen LogP contribution < -0.4 is 11.1 Å². The van der Waals surface area contributed by atoms with Crippen LogP contribution in [0.25, 0.3) is 0 Å². The zero-order valence-electron chi connectivity index (χ0n) is 10.0. The van der Waals surface area contributed by atoms with Crippen LogP contribution in [0.1, 0.15) is 15.9 Å². The number of amides is 1. The first-order valence-corrected chi connectivity index (χ1v) is 6.63. The van der Waals surface area contributed by atoms with Gasteiger partial charge in [-0.05, 0) is 30.7 Å². The van der Waals surface area contributed by atoms with Gasteiger partial charge in [-0.1, -0.05) is 6.08 Å². The summed E-state index contributed by atoms with van der Waals surface area (Å²) in [6.07, 6.45) is 1.86. The third-order valence-electron chi connectivity index (χ3n) is 2.26. The molecule has 0 saturated heterocycles. The van der Waals surface area contributed by atoms with Crippen LogP contribution in [0.15, 0.2) is 30.9 Å². The van der Waals surface area contributed by atoms with Crippen molar-refractivity contribution in [1.29, 1.82) is 0 Å². The number of benzene rings is 1. The summed E-state index contributed by atoms with van der Waals surface area (Å²) in [5, 5.41) is 2.88. The van der Waals surface area contributed by atoms with Crippen LogP contribution in [-0.4, -0.2) is 24.0 Å². The first kappa shape index (κ1) is 13.6. The fraction of sp³-hybridized carbons (Fsp3) is 0.308. The van der Waals surface area contributed by atoms with E-state index in [-0.39, 0.29) is 5.91 Å². The largest absolute Gasteiger partial charge is 0.399 e. The van der Waals surface area contributed by atoms with Crippen molar-refractivity contribution in [2.45, 2.75) is 6.92 Å². The van der Waals surface area contributed by atoms with Crippen molar-refractivity contribution in [1.82, 2.24) is 5.32 Å². The highest BCUT2D eigenvalue weighted by molar-refractivity contribution is 7.99. The van der Waals surface area contributed by atoms with Gasteiger partial charge in [-0.2, -0.15) is 11.8 Å². The average molecular weight is 250 g/mol. The predicted octanol–water partition coefficient (Wildman–Crippen LogP) is 2.23. The molecule has 17 heavy (non-hydrogen) atoms. The molecule has 0 spiro atoms. The van der Waals surface area contributed by atoms with Gasteiger partial charge in [0.1, 0.15) is 0 Å². The van der Waals surface area contributed by atoms with Gasteiger partial charge in [-0.25, -0.2) is 0 Å². The minimum absolute atomic E-state index is 0.0401. The molecule has 1 rings (SSSR count). The summed E-state index contributed by atoms with van der Waals surface area (Å²) < 4.78 is 0. The van der Waals surface area contributed by atoms with Crippen molar-refractivity contribution in [3.05, 3.63) is 42.0 Å². The summed E-state index contributed by atoms with van der Waals surface area (Å²) in [6, 6.07) is 5.31. The molecule has 92 valence electrons. The minimum Gasteiger partial charge on any atom is -0.399 e. The van der Waals surface area contributed by atoms with E-state index in [0.717, 1.165) is 17.1 Å². The summed E-state index contributed by atoms with van der Waals surface area (Å²) in [4.78, 5) is 11.8. The zero-order valence-corrected chi connectivity index (χ0v) is 10.8. The molecule has 1 aromatic carbocycles. The van der Waals surface area contributed by atoms with Crippen molar-refractivity contribution in [3.8, 4) is 0 Å². The topological polar surface area (TPSA) is 55.1 Å². The molecule has 0 atom stereocenters. The molecule has 0 saturated carbocycles. The lowest BCUT2D eigenvalue weighted by Crippen LogP contribution is -2.26. The lowest BCUT2D eigenvalue weighted by molar-refractivity contribution is 0.0955. The maximum absolute atomic E-state index is 11.8. The summed E-state index contributed by atoms with van der Waals surface area (Å²) in [7, 11) is 0. The van der Waals surface area contributed by atoms with E-state index < -0.39 is 0 Å². The number of thioether (sulfide) groups is 1. The Morgan fingerprint density at radius 2 is 2.35 bits per heavy atom. The van der Waals surface area contributed by atoms with Gasteiger partial charge in [0, 0.05) is 29.3 Å². The lowest BCUT2D eigenvalue weighted by Gasteiger charge is -2.07. The van der Waals surface area contributed by atoms with Crippen LogP contribution in [0.2, 0.25) is 0 Å². The molecule has 1 aromatic rings. The quantitative estimate of drug-likeness (QED) is 0.462. The van der Waals surface area contributed by atoms with Crippen LogP contribution in [0, 0.1) is 6.92 Å². The van der Waals surface area contributed by atoms with E-state index in [1.165, 1.54) is 0 Å². The number of aryl methyl sites for hydroxylation is 1. The van der Waals surface area contributed by atoms with Gasteiger partial charge in [0.15, 0.2) is 0 Å². The van der Waals surface area contributed by atoms with Crippen LogP contribution in [0.3, 0.4) is 0 Å². The second-order valence-corrected chi connectivity index (χ2v) is 4.84. The highest BCUT2D eigenvalue weighted by Gasteiger charge is 2.07. The Balaban J connectivity index is 2.44. The number of carbonyl (C=O) groups is 1. The monoisotopic (exact) mass is 250 g/mol. The van der Waals surface area contributed by atoms with Crippen molar-refractivity contribution in [2.24, 2.45) is 0 Å². The van der Waals surface area contributed by atoms with Gasteiger partial charge in [-0.15, -0.1) is 6.58 Å². The predicted molar refractivity (Wildman–Crippen MR) is 75.4 cm³/mol. The van der Waals surface area contributed by atoms with E-state index in [9.17, 15) is 4.79 Å². The van der Waals surface area contributed by atoms with Crippen molar-refractivity contribution in [3.63, 3.8) is 0 Å². The Bertz CT molecular complexity index is 404. The van der Waals surface area contributed by atoms with Crippen molar-refractivity contribution >= 4 is 23.4 Å². The molecule has 4 heteroatoms. The smallest absolute Gasteiger partial charge is 0.251 e. The SMILES string of the molecule is C=CCSCCNC(=O)c1ccc(N)cc1C. The molecule has 0 heterocycles. The molecule has 0 unspecified atom stereocenters. The molecule has 0 bridgehead atoms.